The van der Waals surface area contributed by atoms with Crippen LogP contribution in [0.3, 0.4) is 0 Å². The van der Waals surface area contributed by atoms with Crippen LogP contribution in [0, 0.1) is 0 Å². The van der Waals surface area contributed by atoms with E-state index in [-0.39, 0.29) is 36.3 Å². The van der Waals surface area contributed by atoms with Gasteiger partial charge in [-0.25, -0.2) is 9.98 Å². The van der Waals surface area contributed by atoms with Crippen molar-refractivity contribution in [3.05, 3.63) is 42.0 Å². The molecule has 26 heavy (non-hydrogen) atoms. The highest BCUT2D eigenvalue weighted by Gasteiger charge is 2.31. The number of ether oxygens (including phenoxy) is 1. The molecule has 1 aromatic carbocycles. The van der Waals surface area contributed by atoms with Crippen molar-refractivity contribution < 1.29 is 17.9 Å². The molecule has 0 aliphatic carbocycles. The zero-order chi connectivity index (χ0) is 18.3. The summed E-state index contributed by atoms with van der Waals surface area (Å²) in [5.41, 5.74) is 0.329. The van der Waals surface area contributed by atoms with Crippen molar-refractivity contribution in [1.82, 2.24) is 25.4 Å². The van der Waals surface area contributed by atoms with Crippen LogP contribution in [0.15, 0.2) is 35.6 Å². The maximum atomic E-state index is 12.5. The number of halogens is 4. The zero-order valence-corrected chi connectivity index (χ0v) is 16.6. The van der Waals surface area contributed by atoms with Crippen molar-refractivity contribution >= 4 is 29.9 Å². The van der Waals surface area contributed by atoms with Crippen LogP contribution in [0.1, 0.15) is 18.3 Å². The third-order valence-electron chi connectivity index (χ3n) is 3.17. The molecule has 2 rings (SSSR count). The van der Waals surface area contributed by atoms with Gasteiger partial charge in [-0.05, 0) is 13.0 Å². The van der Waals surface area contributed by atoms with Crippen molar-refractivity contribution in [3.8, 4) is 5.75 Å². The van der Waals surface area contributed by atoms with Gasteiger partial charge in [0.25, 0.3) is 0 Å². The van der Waals surface area contributed by atoms with Crippen molar-refractivity contribution in [2.45, 2.75) is 26.4 Å². The molecule has 0 spiro atoms. The average Bonchev–Trinajstić information content (AvgIpc) is 2.95. The Hall–Kier alpha value is -2.05. The van der Waals surface area contributed by atoms with Crippen LogP contribution >= 0.6 is 24.0 Å². The Kier molecular flexibility index (Phi) is 8.61. The van der Waals surface area contributed by atoms with Crippen molar-refractivity contribution in [1.29, 1.82) is 0 Å². The van der Waals surface area contributed by atoms with Gasteiger partial charge in [-0.3, -0.25) is 4.68 Å². The molecule has 0 aliphatic rings. The molecule has 1 aromatic heterocycles. The first-order valence-electron chi connectivity index (χ1n) is 7.57. The normalized spacial score (nSPS) is 11.7. The molecule has 0 amide bonds. The standard InChI is InChI=1S/C15H19F3N6O.HI/c1-3-19-14(21-9-13-22-10-23-24(13)2)20-8-11-6-4-5-7-12(11)25-15(16,17)18;/h4-7,10H,3,8-9H2,1-2H3,(H2,19,20,21);1H. The molecule has 1 heterocycles. The third-order valence-corrected chi connectivity index (χ3v) is 3.17. The van der Waals surface area contributed by atoms with Gasteiger partial charge in [0.1, 0.15) is 17.9 Å². The lowest BCUT2D eigenvalue weighted by atomic mass is 10.2. The number of para-hydroxylation sites is 1. The summed E-state index contributed by atoms with van der Waals surface area (Å²) in [7, 11) is 1.76. The van der Waals surface area contributed by atoms with Crippen molar-refractivity contribution in [2.75, 3.05) is 6.54 Å². The Morgan fingerprint density at radius 2 is 2.00 bits per heavy atom. The Morgan fingerprint density at radius 3 is 2.62 bits per heavy atom. The number of alkyl halides is 3. The fraction of sp³-hybridized carbons (Fsp3) is 0.400. The SMILES string of the molecule is CCNC(=NCc1ccccc1OC(F)(F)F)NCc1ncnn1C.I. The summed E-state index contributed by atoms with van der Waals surface area (Å²) >= 11 is 0. The Balaban J connectivity index is 0.00000338. The van der Waals surface area contributed by atoms with E-state index in [9.17, 15) is 13.2 Å². The minimum atomic E-state index is -4.74. The zero-order valence-electron chi connectivity index (χ0n) is 14.2. The van der Waals surface area contributed by atoms with E-state index in [0.29, 0.717) is 30.4 Å². The number of nitrogens with one attached hydrogen (secondary N) is 2. The van der Waals surface area contributed by atoms with E-state index in [1.165, 1.54) is 24.5 Å². The van der Waals surface area contributed by atoms with Gasteiger partial charge < -0.3 is 15.4 Å². The van der Waals surface area contributed by atoms with Gasteiger partial charge in [-0.2, -0.15) is 5.10 Å². The average molecular weight is 484 g/mol. The Labute approximate surface area is 166 Å². The van der Waals surface area contributed by atoms with Crippen LogP contribution in [-0.4, -0.2) is 33.6 Å². The molecule has 0 bridgehead atoms. The molecule has 11 heteroatoms. The molecule has 0 saturated carbocycles. The number of aliphatic imine (C=N–C) groups is 1. The van der Waals surface area contributed by atoms with E-state index in [0.717, 1.165) is 0 Å². The molecule has 0 fully saturated rings. The second-order valence-electron chi connectivity index (χ2n) is 5.00. The summed E-state index contributed by atoms with van der Waals surface area (Å²) in [6.07, 6.45) is -3.31. The number of aromatic nitrogens is 3. The van der Waals surface area contributed by atoms with Gasteiger partial charge in [0, 0.05) is 19.2 Å². The molecule has 0 radical (unpaired) electrons. The quantitative estimate of drug-likeness (QED) is 0.375. The second kappa shape index (κ2) is 10.2. The summed E-state index contributed by atoms with van der Waals surface area (Å²) < 4.78 is 43.0. The summed E-state index contributed by atoms with van der Waals surface area (Å²) in [4.78, 5) is 8.38. The molecule has 2 N–H and O–H groups in total. The lowest BCUT2D eigenvalue weighted by molar-refractivity contribution is -0.274. The maximum absolute atomic E-state index is 12.5. The van der Waals surface area contributed by atoms with Gasteiger partial charge in [0.2, 0.25) is 0 Å². The minimum absolute atomic E-state index is 0. The van der Waals surface area contributed by atoms with Crippen LogP contribution in [0.5, 0.6) is 5.75 Å². The monoisotopic (exact) mass is 484 g/mol. The fourth-order valence-corrected chi connectivity index (χ4v) is 2.01. The number of aryl methyl sites for hydroxylation is 1. The smallest absolute Gasteiger partial charge is 0.405 e. The van der Waals surface area contributed by atoms with Gasteiger partial charge in [0.05, 0.1) is 13.1 Å². The van der Waals surface area contributed by atoms with E-state index in [1.54, 1.807) is 17.8 Å². The van der Waals surface area contributed by atoms with Gasteiger partial charge in [0.15, 0.2) is 5.96 Å². The largest absolute Gasteiger partial charge is 0.573 e. The van der Waals surface area contributed by atoms with E-state index in [4.69, 9.17) is 0 Å². The lowest BCUT2D eigenvalue weighted by Crippen LogP contribution is -2.37. The molecular formula is C15H20F3IN6O. The number of hydrogen-bond acceptors (Lipinski definition) is 4. The molecule has 0 saturated heterocycles. The van der Waals surface area contributed by atoms with Crippen LogP contribution in [0.25, 0.3) is 0 Å². The summed E-state index contributed by atoms with van der Waals surface area (Å²) in [6, 6.07) is 5.91. The molecular weight excluding hydrogens is 464 g/mol. The first-order chi connectivity index (χ1) is 11.9. The lowest BCUT2D eigenvalue weighted by Gasteiger charge is -2.13. The highest BCUT2D eigenvalue weighted by Crippen LogP contribution is 2.26. The molecule has 0 atom stereocenters. The first kappa shape index (κ1) is 22.0. The molecule has 0 aliphatic heterocycles. The number of nitrogens with zero attached hydrogens (tertiary/aromatic N) is 4. The number of guanidine groups is 1. The van der Waals surface area contributed by atoms with E-state index < -0.39 is 6.36 Å². The Bertz CT molecular complexity index is 719. The number of rotatable bonds is 6. The summed E-state index contributed by atoms with van der Waals surface area (Å²) in [5, 5.41) is 10.0. The van der Waals surface area contributed by atoms with Crippen molar-refractivity contribution in [3.63, 3.8) is 0 Å². The molecule has 7 nitrogen and oxygen atoms in total. The number of benzene rings is 1. The molecule has 2 aromatic rings. The highest BCUT2D eigenvalue weighted by atomic mass is 127. The van der Waals surface area contributed by atoms with Crippen LogP contribution in [0.4, 0.5) is 13.2 Å². The topological polar surface area (TPSA) is 76.4 Å². The second-order valence-corrected chi connectivity index (χ2v) is 5.00. The van der Waals surface area contributed by atoms with Crippen LogP contribution < -0.4 is 15.4 Å². The van der Waals surface area contributed by atoms with E-state index >= 15 is 0 Å². The van der Waals surface area contributed by atoms with Gasteiger partial charge in [-0.1, -0.05) is 18.2 Å². The maximum Gasteiger partial charge on any atom is 0.573 e. The van der Waals surface area contributed by atoms with Crippen molar-refractivity contribution in [2.24, 2.45) is 12.0 Å². The van der Waals surface area contributed by atoms with E-state index in [2.05, 4.69) is 30.4 Å². The summed E-state index contributed by atoms with van der Waals surface area (Å²) in [5.74, 6) is 0.890. The predicted octanol–water partition coefficient (Wildman–Crippen LogP) is 2.59. The van der Waals surface area contributed by atoms with E-state index in [1.807, 2.05) is 6.92 Å². The predicted molar refractivity (Wildman–Crippen MR) is 101 cm³/mol. The Morgan fingerprint density at radius 1 is 1.27 bits per heavy atom. The fourth-order valence-electron chi connectivity index (χ4n) is 2.01. The van der Waals surface area contributed by atoms with Crippen LogP contribution in [-0.2, 0) is 20.1 Å². The number of hydrogen-bond donors (Lipinski definition) is 2. The van der Waals surface area contributed by atoms with Gasteiger partial charge >= 0.3 is 6.36 Å². The van der Waals surface area contributed by atoms with Gasteiger partial charge in [-0.15, -0.1) is 37.1 Å². The molecule has 144 valence electrons. The van der Waals surface area contributed by atoms with Crippen LogP contribution in [0.2, 0.25) is 0 Å². The highest BCUT2D eigenvalue weighted by molar-refractivity contribution is 14.0. The first-order valence-corrected chi connectivity index (χ1v) is 7.57. The minimum Gasteiger partial charge on any atom is -0.405 e. The molecule has 0 unspecified atom stereocenters. The third kappa shape index (κ3) is 7.06. The summed E-state index contributed by atoms with van der Waals surface area (Å²) in [6.45, 7) is 2.90.